The Hall–Kier alpha value is -2.52. The summed E-state index contributed by atoms with van der Waals surface area (Å²) in [7, 11) is -2.70. The zero-order valence-electron chi connectivity index (χ0n) is 15.7. The SMILES string of the molecule is CCN(CC)S(=O)(=O)c1cc(C(=O)OCc2cc(F)ccc2OC)ccc1F. The van der Waals surface area contributed by atoms with Gasteiger partial charge in [-0.1, -0.05) is 13.8 Å². The van der Waals surface area contributed by atoms with Crippen molar-refractivity contribution in [1.82, 2.24) is 4.31 Å². The van der Waals surface area contributed by atoms with Gasteiger partial charge in [0.2, 0.25) is 10.0 Å². The van der Waals surface area contributed by atoms with Gasteiger partial charge in [-0.15, -0.1) is 0 Å². The summed E-state index contributed by atoms with van der Waals surface area (Å²) in [4.78, 5) is 11.7. The van der Waals surface area contributed by atoms with Crippen molar-refractivity contribution >= 4 is 16.0 Å². The van der Waals surface area contributed by atoms with Gasteiger partial charge in [-0.2, -0.15) is 4.31 Å². The maximum absolute atomic E-state index is 14.1. The number of methoxy groups -OCH3 is 1. The predicted molar refractivity (Wildman–Crippen MR) is 98.6 cm³/mol. The number of ether oxygens (including phenoxy) is 2. The van der Waals surface area contributed by atoms with Gasteiger partial charge in [-0.25, -0.2) is 22.0 Å². The molecule has 2 aromatic rings. The molecule has 0 saturated heterocycles. The van der Waals surface area contributed by atoms with Crippen molar-refractivity contribution in [3.63, 3.8) is 0 Å². The van der Waals surface area contributed by atoms with Gasteiger partial charge in [-0.3, -0.25) is 0 Å². The lowest BCUT2D eigenvalue weighted by atomic mass is 10.2. The summed E-state index contributed by atoms with van der Waals surface area (Å²) < 4.78 is 63.9. The van der Waals surface area contributed by atoms with Crippen LogP contribution in [0.25, 0.3) is 0 Å². The predicted octanol–water partition coefficient (Wildman–Crippen LogP) is 3.36. The molecule has 0 aliphatic carbocycles. The molecule has 2 aromatic carbocycles. The summed E-state index contributed by atoms with van der Waals surface area (Å²) in [5.41, 5.74) is 0.163. The second-order valence-electron chi connectivity index (χ2n) is 5.77. The fourth-order valence-corrected chi connectivity index (χ4v) is 4.17. The van der Waals surface area contributed by atoms with Crippen LogP contribution in [-0.2, 0) is 21.4 Å². The molecule has 0 aromatic heterocycles. The molecule has 0 spiro atoms. The largest absolute Gasteiger partial charge is 0.496 e. The molecule has 6 nitrogen and oxygen atoms in total. The Labute approximate surface area is 162 Å². The van der Waals surface area contributed by atoms with Gasteiger partial charge in [0.1, 0.15) is 28.9 Å². The molecule has 0 N–H and O–H groups in total. The molecule has 0 aliphatic rings. The standard InChI is InChI=1S/C19H21F2NO5S/c1-4-22(5-2)28(24,25)18-11-13(6-8-16(18)21)19(23)27-12-14-10-15(20)7-9-17(14)26-3/h6-11H,4-5,12H2,1-3H3. The highest BCUT2D eigenvalue weighted by Gasteiger charge is 2.26. The van der Waals surface area contributed by atoms with Crippen LogP contribution in [-0.4, -0.2) is 38.9 Å². The third kappa shape index (κ3) is 4.66. The summed E-state index contributed by atoms with van der Waals surface area (Å²) in [5.74, 6) is -2.03. The van der Waals surface area contributed by atoms with Crippen LogP contribution >= 0.6 is 0 Å². The molecule has 0 bridgehead atoms. The first-order valence-electron chi connectivity index (χ1n) is 8.53. The number of rotatable bonds is 8. The number of hydrogen-bond acceptors (Lipinski definition) is 5. The number of sulfonamides is 1. The minimum absolute atomic E-state index is 0.137. The monoisotopic (exact) mass is 413 g/mol. The summed E-state index contributed by atoms with van der Waals surface area (Å²) in [6.45, 7) is 3.28. The highest BCUT2D eigenvalue weighted by molar-refractivity contribution is 7.89. The fraction of sp³-hybridized carbons (Fsp3) is 0.316. The highest BCUT2D eigenvalue weighted by Crippen LogP contribution is 2.23. The zero-order valence-corrected chi connectivity index (χ0v) is 16.6. The third-order valence-corrected chi connectivity index (χ3v) is 6.16. The number of carbonyl (C=O) groups excluding carboxylic acids is 1. The molecule has 152 valence electrons. The van der Waals surface area contributed by atoms with Crippen molar-refractivity contribution in [3.8, 4) is 5.75 Å². The molecule has 0 saturated carbocycles. The van der Waals surface area contributed by atoms with Gasteiger partial charge >= 0.3 is 5.97 Å². The number of esters is 1. The number of nitrogens with zero attached hydrogens (tertiary/aromatic N) is 1. The molecule has 0 fully saturated rings. The van der Waals surface area contributed by atoms with Crippen LogP contribution in [0.3, 0.4) is 0 Å². The van der Waals surface area contributed by atoms with E-state index in [2.05, 4.69) is 0 Å². The van der Waals surface area contributed by atoms with E-state index in [0.717, 1.165) is 28.6 Å². The maximum Gasteiger partial charge on any atom is 0.338 e. The van der Waals surface area contributed by atoms with Gasteiger partial charge < -0.3 is 9.47 Å². The molecular weight excluding hydrogens is 392 g/mol. The number of benzene rings is 2. The van der Waals surface area contributed by atoms with Crippen LogP contribution in [0, 0.1) is 11.6 Å². The average Bonchev–Trinajstić information content (AvgIpc) is 2.67. The summed E-state index contributed by atoms with van der Waals surface area (Å²) in [6, 6.07) is 6.72. The topological polar surface area (TPSA) is 72.9 Å². The molecule has 0 amide bonds. The third-order valence-electron chi connectivity index (χ3n) is 4.09. The van der Waals surface area contributed by atoms with E-state index in [-0.39, 0.29) is 25.3 Å². The van der Waals surface area contributed by atoms with E-state index >= 15 is 0 Å². The lowest BCUT2D eigenvalue weighted by Gasteiger charge is -2.19. The Morgan fingerprint density at radius 3 is 2.36 bits per heavy atom. The lowest BCUT2D eigenvalue weighted by Crippen LogP contribution is -2.31. The minimum Gasteiger partial charge on any atom is -0.496 e. The first-order chi connectivity index (χ1) is 13.2. The van der Waals surface area contributed by atoms with E-state index in [9.17, 15) is 22.0 Å². The fourth-order valence-electron chi connectivity index (χ4n) is 2.62. The molecule has 0 aliphatic heterocycles. The minimum atomic E-state index is -4.09. The quantitative estimate of drug-likeness (QED) is 0.621. The first-order valence-corrected chi connectivity index (χ1v) is 9.97. The van der Waals surface area contributed by atoms with Gasteiger partial charge in [0.15, 0.2) is 0 Å². The Balaban J connectivity index is 2.27. The van der Waals surface area contributed by atoms with Crippen LogP contribution in [0.5, 0.6) is 5.75 Å². The normalized spacial score (nSPS) is 11.5. The molecule has 0 unspecified atom stereocenters. The number of halogens is 2. The van der Waals surface area contributed by atoms with Crippen molar-refractivity contribution in [3.05, 3.63) is 59.2 Å². The van der Waals surface area contributed by atoms with Crippen LogP contribution in [0.15, 0.2) is 41.3 Å². The van der Waals surface area contributed by atoms with Crippen molar-refractivity contribution in [1.29, 1.82) is 0 Å². The van der Waals surface area contributed by atoms with E-state index in [1.54, 1.807) is 13.8 Å². The highest BCUT2D eigenvalue weighted by atomic mass is 32.2. The van der Waals surface area contributed by atoms with Crippen LogP contribution < -0.4 is 4.74 Å². The summed E-state index contributed by atoms with van der Waals surface area (Å²) in [6.07, 6.45) is 0. The molecule has 0 atom stereocenters. The van der Waals surface area contributed by atoms with Gasteiger partial charge in [-0.05, 0) is 36.4 Å². The van der Waals surface area contributed by atoms with E-state index in [1.165, 1.54) is 19.2 Å². The summed E-state index contributed by atoms with van der Waals surface area (Å²) in [5, 5.41) is 0. The maximum atomic E-state index is 14.1. The molecular formula is C19H21F2NO5S. The Morgan fingerprint density at radius 1 is 1.07 bits per heavy atom. The Bertz CT molecular complexity index is 959. The second kappa shape index (κ2) is 9.11. The molecule has 0 heterocycles. The van der Waals surface area contributed by atoms with Crippen LogP contribution in [0.4, 0.5) is 8.78 Å². The first kappa shape index (κ1) is 21.8. The molecule has 28 heavy (non-hydrogen) atoms. The van der Waals surface area contributed by atoms with Crippen molar-refractivity contribution < 1.29 is 31.5 Å². The Kier molecular flexibility index (Phi) is 7.09. The second-order valence-corrected chi connectivity index (χ2v) is 7.67. The Morgan fingerprint density at radius 2 is 1.75 bits per heavy atom. The number of hydrogen-bond donors (Lipinski definition) is 0. The van der Waals surface area contributed by atoms with E-state index in [4.69, 9.17) is 9.47 Å². The summed E-state index contributed by atoms with van der Waals surface area (Å²) >= 11 is 0. The van der Waals surface area contributed by atoms with E-state index < -0.39 is 32.5 Å². The molecule has 2 rings (SSSR count). The van der Waals surface area contributed by atoms with E-state index in [1.807, 2.05) is 0 Å². The van der Waals surface area contributed by atoms with Crippen molar-refractivity contribution in [2.75, 3.05) is 20.2 Å². The molecule has 9 heteroatoms. The van der Waals surface area contributed by atoms with Crippen molar-refractivity contribution in [2.45, 2.75) is 25.3 Å². The van der Waals surface area contributed by atoms with Gasteiger partial charge in [0, 0.05) is 18.7 Å². The smallest absolute Gasteiger partial charge is 0.338 e. The number of carbonyl (C=O) groups is 1. The van der Waals surface area contributed by atoms with Gasteiger partial charge in [0.25, 0.3) is 0 Å². The van der Waals surface area contributed by atoms with Crippen LogP contribution in [0.2, 0.25) is 0 Å². The average molecular weight is 413 g/mol. The lowest BCUT2D eigenvalue weighted by molar-refractivity contribution is 0.0469. The molecule has 0 radical (unpaired) electrons. The van der Waals surface area contributed by atoms with Gasteiger partial charge in [0.05, 0.1) is 12.7 Å². The zero-order chi connectivity index (χ0) is 20.9. The van der Waals surface area contributed by atoms with E-state index in [0.29, 0.717) is 11.3 Å². The van der Waals surface area contributed by atoms with Crippen LogP contribution in [0.1, 0.15) is 29.8 Å². The van der Waals surface area contributed by atoms with Crippen molar-refractivity contribution in [2.24, 2.45) is 0 Å².